The van der Waals surface area contributed by atoms with Crippen LogP contribution in [0.15, 0.2) is 40.1 Å². The number of aromatic amines is 1. The first kappa shape index (κ1) is 17.0. The van der Waals surface area contributed by atoms with Crippen molar-refractivity contribution < 1.29 is 4.79 Å². The molecular formula is C16H18ClN3O3. The van der Waals surface area contributed by atoms with Crippen molar-refractivity contribution in [3.63, 3.8) is 0 Å². The number of nitrogens with zero attached hydrogens (tertiary/aromatic N) is 1. The molecule has 0 unspecified atom stereocenters. The molecule has 0 saturated heterocycles. The van der Waals surface area contributed by atoms with Crippen molar-refractivity contribution in [1.29, 1.82) is 0 Å². The van der Waals surface area contributed by atoms with E-state index in [9.17, 15) is 14.4 Å². The second kappa shape index (κ2) is 7.28. The summed E-state index contributed by atoms with van der Waals surface area (Å²) in [5, 5.41) is 3.11. The fraction of sp³-hybridized carbons (Fsp3) is 0.312. The third-order valence-corrected chi connectivity index (χ3v) is 3.63. The summed E-state index contributed by atoms with van der Waals surface area (Å²) in [5.74, 6) is -0.250. The molecular weight excluding hydrogens is 318 g/mol. The minimum atomic E-state index is -0.644. The highest BCUT2D eigenvalue weighted by Crippen LogP contribution is 2.14. The summed E-state index contributed by atoms with van der Waals surface area (Å²) in [5.41, 5.74) is -0.705. The lowest BCUT2D eigenvalue weighted by atomic mass is 10.2. The quantitative estimate of drug-likeness (QED) is 0.871. The Hall–Kier alpha value is -2.34. The average Bonchev–Trinajstić information content (AvgIpc) is 2.50. The SMILES string of the molecule is CC(C)CNC(=O)c1c[nH]c(=O)n(Cc2ccccc2Cl)c1=O. The summed E-state index contributed by atoms with van der Waals surface area (Å²) in [6, 6.07) is 6.92. The highest BCUT2D eigenvalue weighted by molar-refractivity contribution is 6.31. The van der Waals surface area contributed by atoms with E-state index >= 15 is 0 Å². The van der Waals surface area contributed by atoms with Crippen LogP contribution in [0.1, 0.15) is 29.8 Å². The molecule has 7 heteroatoms. The zero-order chi connectivity index (χ0) is 17.0. The Morgan fingerprint density at radius 1 is 1.30 bits per heavy atom. The number of aromatic nitrogens is 2. The molecule has 1 amide bonds. The van der Waals surface area contributed by atoms with Crippen LogP contribution in [-0.4, -0.2) is 22.0 Å². The van der Waals surface area contributed by atoms with Crippen LogP contribution in [0.25, 0.3) is 0 Å². The minimum absolute atomic E-state index is 0.000853. The van der Waals surface area contributed by atoms with Crippen molar-refractivity contribution in [2.24, 2.45) is 5.92 Å². The van der Waals surface area contributed by atoms with Crippen LogP contribution >= 0.6 is 11.6 Å². The molecule has 1 heterocycles. The van der Waals surface area contributed by atoms with Crippen LogP contribution in [0.3, 0.4) is 0 Å². The molecule has 6 nitrogen and oxygen atoms in total. The first-order chi connectivity index (χ1) is 10.9. The summed E-state index contributed by atoms with van der Waals surface area (Å²) < 4.78 is 0.964. The van der Waals surface area contributed by atoms with Crippen molar-refractivity contribution in [3.8, 4) is 0 Å². The molecule has 0 bridgehead atoms. The van der Waals surface area contributed by atoms with Crippen LogP contribution in [-0.2, 0) is 6.54 Å². The van der Waals surface area contributed by atoms with Crippen LogP contribution < -0.4 is 16.6 Å². The maximum absolute atomic E-state index is 12.4. The molecule has 0 aliphatic heterocycles. The topological polar surface area (TPSA) is 84.0 Å². The number of carbonyl (C=O) groups excluding carboxylic acids is 1. The van der Waals surface area contributed by atoms with Gasteiger partial charge in [-0.3, -0.25) is 14.2 Å². The van der Waals surface area contributed by atoms with Crippen LogP contribution in [0.5, 0.6) is 0 Å². The Morgan fingerprint density at radius 3 is 2.65 bits per heavy atom. The van der Waals surface area contributed by atoms with Gasteiger partial charge in [-0.05, 0) is 17.5 Å². The maximum Gasteiger partial charge on any atom is 0.328 e. The number of hydrogen-bond donors (Lipinski definition) is 2. The van der Waals surface area contributed by atoms with Crippen molar-refractivity contribution >= 4 is 17.5 Å². The summed E-state index contributed by atoms with van der Waals surface area (Å²) >= 11 is 6.06. The smallest absolute Gasteiger partial charge is 0.328 e. The number of nitrogens with one attached hydrogen (secondary N) is 2. The lowest BCUT2D eigenvalue weighted by molar-refractivity contribution is 0.0946. The Labute approximate surface area is 138 Å². The fourth-order valence-electron chi connectivity index (χ4n) is 2.01. The molecule has 2 N–H and O–H groups in total. The van der Waals surface area contributed by atoms with Gasteiger partial charge in [0.25, 0.3) is 11.5 Å². The molecule has 1 aromatic carbocycles. The van der Waals surface area contributed by atoms with Gasteiger partial charge in [-0.2, -0.15) is 0 Å². The lowest BCUT2D eigenvalue weighted by Gasteiger charge is -2.10. The van der Waals surface area contributed by atoms with Gasteiger partial charge in [-0.25, -0.2) is 4.79 Å². The van der Waals surface area contributed by atoms with Gasteiger partial charge in [-0.1, -0.05) is 43.6 Å². The Morgan fingerprint density at radius 2 is 2.00 bits per heavy atom. The van der Waals surface area contributed by atoms with Gasteiger partial charge >= 0.3 is 5.69 Å². The van der Waals surface area contributed by atoms with Crippen molar-refractivity contribution in [2.75, 3.05) is 6.54 Å². The van der Waals surface area contributed by atoms with Crippen LogP contribution in [0.4, 0.5) is 0 Å². The van der Waals surface area contributed by atoms with E-state index in [1.54, 1.807) is 24.3 Å². The molecule has 122 valence electrons. The summed E-state index contributed by atoms with van der Waals surface area (Å²) in [6.45, 7) is 4.34. The average molecular weight is 336 g/mol. The zero-order valence-corrected chi connectivity index (χ0v) is 13.7. The predicted octanol–water partition coefficient (Wildman–Crippen LogP) is 1.62. The molecule has 0 aliphatic rings. The van der Waals surface area contributed by atoms with Crippen LogP contribution in [0, 0.1) is 5.92 Å². The van der Waals surface area contributed by atoms with E-state index < -0.39 is 17.2 Å². The number of rotatable bonds is 5. The summed E-state index contributed by atoms with van der Waals surface area (Å²) in [7, 11) is 0. The van der Waals surface area contributed by atoms with Gasteiger partial charge in [0.2, 0.25) is 0 Å². The molecule has 2 rings (SSSR count). The highest BCUT2D eigenvalue weighted by Gasteiger charge is 2.15. The van der Waals surface area contributed by atoms with Crippen molar-refractivity contribution in [1.82, 2.24) is 14.9 Å². The fourth-order valence-corrected chi connectivity index (χ4v) is 2.20. The number of halogens is 1. The van der Waals surface area contributed by atoms with Crippen LogP contribution in [0.2, 0.25) is 5.02 Å². The number of hydrogen-bond acceptors (Lipinski definition) is 3. The molecule has 0 saturated carbocycles. The molecule has 0 aliphatic carbocycles. The Kier molecular flexibility index (Phi) is 5.39. The Bertz CT molecular complexity index is 824. The minimum Gasteiger partial charge on any atom is -0.352 e. The van der Waals surface area contributed by atoms with E-state index in [-0.39, 0.29) is 18.0 Å². The summed E-state index contributed by atoms with van der Waals surface area (Å²) in [4.78, 5) is 38.9. The van der Waals surface area contributed by atoms with Gasteiger partial charge < -0.3 is 10.3 Å². The number of carbonyl (C=O) groups is 1. The van der Waals surface area contributed by atoms with Crippen molar-refractivity contribution in [2.45, 2.75) is 20.4 Å². The van der Waals surface area contributed by atoms with Gasteiger partial charge in [0.1, 0.15) is 5.56 Å². The van der Waals surface area contributed by atoms with Gasteiger partial charge in [0, 0.05) is 17.8 Å². The van der Waals surface area contributed by atoms with E-state index in [4.69, 9.17) is 11.6 Å². The third kappa shape index (κ3) is 4.10. The number of amides is 1. The summed E-state index contributed by atoms with van der Waals surface area (Å²) in [6.07, 6.45) is 1.14. The Balaban J connectivity index is 2.36. The van der Waals surface area contributed by atoms with Gasteiger partial charge in [0.15, 0.2) is 0 Å². The molecule has 0 atom stereocenters. The molecule has 23 heavy (non-hydrogen) atoms. The van der Waals surface area contributed by atoms with Gasteiger partial charge in [0.05, 0.1) is 6.54 Å². The monoisotopic (exact) mass is 335 g/mol. The largest absolute Gasteiger partial charge is 0.352 e. The highest BCUT2D eigenvalue weighted by atomic mass is 35.5. The zero-order valence-electron chi connectivity index (χ0n) is 12.9. The molecule has 2 aromatic rings. The van der Waals surface area contributed by atoms with E-state index in [0.717, 1.165) is 10.8 Å². The first-order valence-corrected chi connectivity index (χ1v) is 7.62. The van der Waals surface area contributed by atoms with E-state index in [1.165, 1.54) is 0 Å². The molecule has 0 fully saturated rings. The predicted molar refractivity (Wildman–Crippen MR) is 89.0 cm³/mol. The molecule has 0 radical (unpaired) electrons. The van der Waals surface area contributed by atoms with Crippen molar-refractivity contribution in [3.05, 3.63) is 67.4 Å². The third-order valence-electron chi connectivity index (χ3n) is 3.26. The van der Waals surface area contributed by atoms with E-state index in [2.05, 4.69) is 10.3 Å². The second-order valence-electron chi connectivity index (χ2n) is 5.59. The maximum atomic E-state index is 12.4. The molecule has 0 spiro atoms. The van der Waals surface area contributed by atoms with E-state index in [1.807, 2.05) is 13.8 Å². The number of H-pyrrole nitrogens is 1. The molecule has 1 aromatic heterocycles. The van der Waals surface area contributed by atoms with Gasteiger partial charge in [-0.15, -0.1) is 0 Å². The first-order valence-electron chi connectivity index (χ1n) is 7.24. The standard InChI is InChI=1S/C16H18ClN3O3/c1-10(2)7-18-14(21)12-8-19-16(23)20(15(12)22)9-11-5-3-4-6-13(11)17/h3-6,8,10H,7,9H2,1-2H3,(H,18,21)(H,19,23). The normalized spacial score (nSPS) is 10.8. The number of benzene rings is 1. The second-order valence-corrected chi connectivity index (χ2v) is 6.00. The van der Waals surface area contributed by atoms with E-state index in [0.29, 0.717) is 17.1 Å². The lowest BCUT2D eigenvalue weighted by Crippen LogP contribution is -2.41.